The van der Waals surface area contributed by atoms with Crippen LogP contribution in [0.3, 0.4) is 0 Å². The van der Waals surface area contributed by atoms with E-state index >= 15 is 0 Å². The number of piperazine rings is 1. The van der Waals surface area contributed by atoms with Gasteiger partial charge >= 0.3 is 0 Å². The Hall–Kier alpha value is -2.56. The summed E-state index contributed by atoms with van der Waals surface area (Å²) in [5.41, 5.74) is -2.34. The summed E-state index contributed by atoms with van der Waals surface area (Å²) in [4.78, 5) is 24.7. The van der Waals surface area contributed by atoms with Crippen LogP contribution >= 0.6 is 0 Å². The summed E-state index contributed by atoms with van der Waals surface area (Å²) in [6, 6.07) is -0.769. The summed E-state index contributed by atoms with van der Waals surface area (Å²) in [6.45, 7) is 1.98. The maximum atomic E-state index is 13.6. The van der Waals surface area contributed by atoms with E-state index in [4.69, 9.17) is 10.5 Å². The van der Waals surface area contributed by atoms with Gasteiger partial charge in [0.25, 0.3) is 15.8 Å². The number of hydrogen-bond acceptors (Lipinski definition) is 8. The van der Waals surface area contributed by atoms with Crippen LogP contribution in [0.1, 0.15) is 60.3 Å². The zero-order valence-electron chi connectivity index (χ0n) is 24.9. The van der Waals surface area contributed by atoms with E-state index in [-0.39, 0.29) is 34.2 Å². The quantitative estimate of drug-likeness (QED) is 0.531. The zero-order chi connectivity index (χ0) is 29.7. The predicted molar refractivity (Wildman–Crippen MR) is 146 cm³/mol. The van der Waals surface area contributed by atoms with Gasteiger partial charge in [0.15, 0.2) is 0 Å². The van der Waals surface area contributed by atoms with E-state index in [0.29, 0.717) is 71.4 Å². The van der Waals surface area contributed by atoms with Gasteiger partial charge in [0, 0.05) is 61.0 Å². The first-order valence-corrected chi connectivity index (χ1v) is 14.5. The van der Waals surface area contributed by atoms with Crippen molar-refractivity contribution in [2.24, 2.45) is 0 Å². The van der Waals surface area contributed by atoms with Gasteiger partial charge in [-0.15, -0.1) is 6.42 Å². The normalized spacial score (nSPS) is 28.1. The van der Waals surface area contributed by atoms with Gasteiger partial charge in [-0.1, -0.05) is 5.92 Å². The molecule has 1 saturated carbocycles. The number of anilines is 1. The number of nitrogens with one attached hydrogen (secondary N) is 1. The molecule has 1 aliphatic carbocycles. The first kappa shape index (κ1) is 23.3. The van der Waals surface area contributed by atoms with Crippen LogP contribution < -0.4 is 10.9 Å². The molecule has 2 atom stereocenters. The first-order valence-electron chi connectivity index (χ1n) is 14.6. The molecule has 5 rings (SSSR count). The van der Waals surface area contributed by atoms with Gasteiger partial charge in [-0.05, 0) is 58.5 Å². The number of fused-ring (bicyclic) bond motifs is 1. The fraction of sp³-hybridized carbons (Fsp3) is 0.654. The maximum Gasteiger partial charge on any atom is 0.282 e. The third-order valence-electron chi connectivity index (χ3n) is 8.19. The van der Waals surface area contributed by atoms with E-state index in [1.165, 1.54) is 19.4 Å². The molecule has 38 heavy (non-hydrogen) atoms. The summed E-state index contributed by atoms with van der Waals surface area (Å²) in [5.74, 6) is 2.46. The van der Waals surface area contributed by atoms with Gasteiger partial charge in [0.2, 0.25) is 5.95 Å². The molecule has 0 aromatic carbocycles. The minimum atomic E-state index is -3.54. The van der Waals surface area contributed by atoms with Crippen molar-refractivity contribution in [1.82, 2.24) is 28.0 Å². The summed E-state index contributed by atoms with van der Waals surface area (Å²) in [6.07, 6.45) is 9.72. The molecule has 3 aliphatic rings. The second kappa shape index (κ2) is 10.2. The first-order chi connectivity index (χ1) is 19.2. The molecule has 0 unspecified atom stereocenters. The Kier molecular flexibility index (Phi) is 6.27. The van der Waals surface area contributed by atoms with Crippen molar-refractivity contribution >= 4 is 27.2 Å². The van der Waals surface area contributed by atoms with Gasteiger partial charge in [-0.2, -0.15) is 22.0 Å². The maximum absolute atomic E-state index is 13.6. The number of aryl methyl sites for hydroxylation is 1. The Morgan fingerprint density at radius 3 is 2.47 bits per heavy atom. The molecule has 4 heterocycles. The second-order valence-corrected chi connectivity index (χ2v) is 12.7. The van der Waals surface area contributed by atoms with E-state index in [1.54, 1.807) is 6.92 Å². The second-order valence-electron chi connectivity index (χ2n) is 10.8. The lowest BCUT2D eigenvalue weighted by molar-refractivity contribution is 0.0266. The van der Waals surface area contributed by atoms with Crippen LogP contribution in [0.25, 0.3) is 11.0 Å². The number of piperidine rings is 1. The van der Waals surface area contributed by atoms with Crippen LogP contribution in [0.5, 0.6) is 0 Å². The Labute approximate surface area is 228 Å². The number of aromatic nitrogens is 3. The van der Waals surface area contributed by atoms with E-state index in [1.807, 2.05) is 7.05 Å². The van der Waals surface area contributed by atoms with Gasteiger partial charge < -0.3 is 15.3 Å². The van der Waals surface area contributed by atoms with Crippen molar-refractivity contribution in [2.45, 2.75) is 63.6 Å². The fourth-order valence-corrected chi connectivity index (χ4v) is 7.44. The number of hydrogen-bond donors (Lipinski definition) is 2. The molecular weight excluding hydrogens is 506 g/mol. The predicted octanol–water partition coefficient (Wildman–Crippen LogP) is 0.926. The summed E-state index contributed by atoms with van der Waals surface area (Å²) >= 11 is 0. The third-order valence-corrected chi connectivity index (χ3v) is 10.2. The number of nitrogens with zero attached hydrogens (tertiary/aromatic N) is 6. The lowest BCUT2D eigenvalue weighted by Gasteiger charge is -2.38. The average molecular weight is 547 g/mol. The highest BCUT2D eigenvalue weighted by atomic mass is 32.2. The SMILES string of the molecule is [2H]C([2H])([2H])c1c(C#C)c(=O)n([C@@H]2CCC[C@@]2(C)O)c2nc(NC3CCN(S(=O)(=O)N4CCN(C)CC4)CC3)ncc12. The van der Waals surface area contributed by atoms with Crippen LogP contribution in [0.4, 0.5) is 5.95 Å². The Balaban J connectivity index is 1.44. The molecule has 0 spiro atoms. The van der Waals surface area contributed by atoms with Gasteiger partial charge in [-0.3, -0.25) is 9.36 Å². The molecule has 206 valence electrons. The molecular formula is C26H37N7O4S. The number of terminal acetylenes is 1. The van der Waals surface area contributed by atoms with E-state index in [0.717, 1.165) is 0 Å². The Bertz CT molecular complexity index is 1520. The lowest BCUT2D eigenvalue weighted by atomic mass is 9.98. The van der Waals surface area contributed by atoms with Crippen molar-refractivity contribution in [3.8, 4) is 12.3 Å². The van der Waals surface area contributed by atoms with Gasteiger partial charge in [0.1, 0.15) is 5.65 Å². The fourth-order valence-electron chi connectivity index (χ4n) is 5.82. The molecule has 2 saturated heterocycles. The summed E-state index contributed by atoms with van der Waals surface area (Å²) in [5, 5.41) is 14.5. The van der Waals surface area contributed by atoms with E-state index < -0.39 is 34.3 Å². The summed E-state index contributed by atoms with van der Waals surface area (Å²) < 4.78 is 54.9. The molecule has 0 radical (unpaired) electrons. The number of aliphatic hydroxyl groups is 1. The highest BCUT2D eigenvalue weighted by Gasteiger charge is 2.40. The Morgan fingerprint density at radius 2 is 1.87 bits per heavy atom. The molecule has 0 bridgehead atoms. The van der Waals surface area contributed by atoms with Crippen LogP contribution in [-0.2, 0) is 10.2 Å². The smallest absolute Gasteiger partial charge is 0.282 e. The van der Waals surface area contributed by atoms with E-state index in [9.17, 15) is 18.3 Å². The minimum absolute atomic E-state index is 0.0971. The van der Waals surface area contributed by atoms with Crippen molar-refractivity contribution in [2.75, 3.05) is 51.6 Å². The molecule has 2 aliphatic heterocycles. The highest BCUT2D eigenvalue weighted by molar-refractivity contribution is 7.86. The van der Waals surface area contributed by atoms with Crippen molar-refractivity contribution in [3.05, 3.63) is 27.7 Å². The van der Waals surface area contributed by atoms with Gasteiger partial charge in [0.05, 0.1) is 17.2 Å². The molecule has 2 N–H and O–H groups in total. The average Bonchev–Trinajstić information content (AvgIpc) is 3.26. The number of likely N-dealkylation sites (N-methyl/N-ethyl adjacent to an activating group) is 1. The monoisotopic (exact) mass is 546 g/mol. The summed E-state index contributed by atoms with van der Waals surface area (Å²) in [7, 11) is -1.56. The molecule has 3 fully saturated rings. The van der Waals surface area contributed by atoms with Crippen LogP contribution in [-0.4, -0.2) is 99.5 Å². The number of pyridine rings is 1. The molecule has 0 amide bonds. The molecule has 11 nitrogen and oxygen atoms in total. The van der Waals surface area contributed by atoms with Gasteiger partial charge in [-0.25, -0.2) is 4.98 Å². The zero-order valence-corrected chi connectivity index (χ0v) is 22.7. The molecule has 12 heteroatoms. The highest BCUT2D eigenvalue weighted by Crippen LogP contribution is 2.40. The van der Waals surface area contributed by atoms with Crippen molar-refractivity contribution < 1.29 is 17.6 Å². The third kappa shape index (κ3) is 4.82. The van der Waals surface area contributed by atoms with Crippen LogP contribution in [0.2, 0.25) is 0 Å². The van der Waals surface area contributed by atoms with Crippen molar-refractivity contribution in [1.29, 1.82) is 0 Å². The number of rotatable bonds is 5. The minimum Gasteiger partial charge on any atom is -0.388 e. The molecule has 2 aromatic heterocycles. The standard InChI is InChI=1S/C26H37N7O4S/c1-5-20-18(2)21-17-27-25(29-23(21)33(24(20)34)22-7-6-10-26(22,3)35)28-19-8-11-31(12-9-19)38(36,37)32-15-13-30(4)14-16-32/h1,17,19,22,35H,6-16H2,2-4H3,(H,27,28,29)/t22-,26-/m1/s1/i2D3. The Morgan fingerprint density at radius 1 is 1.18 bits per heavy atom. The lowest BCUT2D eigenvalue weighted by Crippen LogP contribution is -2.54. The largest absolute Gasteiger partial charge is 0.388 e. The van der Waals surface area contributed by atoms with Crippen LogP contribution in [0.15, 0.2) is 11.0 Å². The van der Waals surface area contributed by atoms with E-state index in [2.05, 4.69) is 26.1 Å². The topological polar surface area (TPSA) is 124 Å². The van der Waals surface area contributed by atoms with Crippen LogP contribution in [0, 0.1) is 19.2 Å². The van der Waals surface area contributed by atoms with Crippen molar-refractivity contribution in [3.63, 3.8) is 0 Å². The molecule has 2 aromatic rings.